The first kappa shape index (κ1) is 22.7. The van der Waals surface area contributed by atoms with Crippen molar-refractivity contribution in [1.29, 1.82) is 0 Å². The van der Waals surface area contributed by atoms with Gasteiger partial charge in [0.05, 0.1) is 16.9 Å². The van der Waals surface area contributed by atoms with Crippen molar-refractivity contribution in [2.75, 3.05) is 11.6 Å². The molecule has 2 amide bonds. The maximum Gasteiger partial charge on any atom is 0.269 e. The number of hydrogen-bond acceptors (Lipinski definition) is 4. The fraction of sp³-hybridized carbons (Fsp3) is 0.115. The first-order valence-corrected chi connectivity index (χ1v) is 12.4. The Morgan fingerprint density at radius 3 is 2.49 bits per heavy atom. The summed E-state index contributed by atoms with van der Waals surface area (Å²) < 4.78 is 27.5. The lowest BCUT2D eigenvalue weighted by Gasteiger charge is -2.20. The number of primary amides is 1. The zero-order valence-corrected chi connectivity index (χ0v) is 19.6. The molecule has 0 fully saturated rings. The molecule has 1 aliphatic rings. The van der Waals surface area contributed by atoms with E-state index in [9.17, 15) is 18.2 Å². The number of benzene rings is 3. The van der Waals surface area contributed by atoms with Crippen molar-refractivity contribution in [2.24, 2.45) is 5.73 Å². The maximum atomic E-state index is 14.1. The minimum atomic E-state index is -1.13. The van der Waals surface area contributed by atoms with Gasteiger partial charge in [0.15, 0.2) is 5.69 Å². The van der Waals surface area contributed by atoms with Gasteiger partial charge in [-0.05, 0) is 66.9 Å². The van der Waals surface area contributed by atoms with Crippen molar-refractivity contribution in [3.8, 4) is 16.9 Å². The zero-order chi connectivity index (χ0) is 24.7. The molecule has 0 saturated carbocycles. The maximum absolute atomic E-state index is 14.1. The van der Waals surface area contributed by atoms with Crippen molar-refractivity contribution < 1.29 is 18.2 Å². The summed E-state index contributed by atoms with van der Waals surface area (Å²) in [5, 5.41) is 7.27. The topological polar surface area (TPSA) is 107 Å². The Kier molecular flexibility index (Phi) is 5.78. The van der Waals surface area contributed by atoms with Crippen LogP contribution in [0.15, 0.2) is 71.6 Å². The highest BCUT2D eigenvalue weighted by Crippen LogP contribution is 2.38. The number of nitrogens with two attached hydrogens (primary N) is 1. The fourth-order valence-corrected chi connectivity index (χ4v) is 4.84. The van der Waals surface area contributed by atoms with Crippen LogP contribution in [0.25, 0.3) is 16.9 Å². The molecular weight excluding hydrogens is 467 g/mol. The predicted molar refractivity (Wildman–Crippen MR) is 132 cm³/mol. The van der Waals surface area contributed by atoms with E-state index in [1.807, 2.05) is 6.07 Å². The SMILES string of the molecule is CS(=O)c1ccc(-n2nc(C(N)=O)c3c2-c2cc(NC(=O)c4ccccc4F)ccc2CC3)cc1. The molecule has 3 N–H and O–H groups in total. The lowest BCUT2D eigenvalue weighted by Crippen LogP contribution is -2.16. The van der Waals surface area contributed by atoms with Gasteiger partial charge in [-0.1, -0.05) is 18.2 Å². The van der Waals surface area contributed by atoms with Gasteiger partial charge in [-0.2, -0.15) is 5.10 Å². The number of carbonyl (C=O) groups excluding carboxylic acids is 2. The lowest BCUT2D eigenvalue weighted by molar-refractivity contribution is 0.0991. The van der Waals surface area contributed by atoms with Crippen LogP contribution in [0.1, 0.15) is 32.0 Å². The third kappa shape index (κ3) is 4.15. The van der Waals surface area contributed by atoms with Gasteiger partial charge in [0.2, 0.25) is 0 Å². The second kappa shape index (κ2) is 8.92. The Labute approximate surface area is 203 Å². The number of aryl methyl sites for hydroxylation is 1. The standard InChI is InChI=1S/C26H21FN4O3S/c1-35(34)18-11-9-17(10-12-18)31-24-20(23(30-31)25(28)32)13-7-15-6-8-16(14-21(15)24)29-26(33)19-4-2-3-5-22(19)27/h2-6,8-12,14H,7,13H2,1H3,(H2,28,32)(H,29,33). The highest BCUT2D eigenvalue weighted by atomic mass is 32.2. The molecule has 4 aromatic rings. The number of carbonyl (C=O) groups is 2. The molecule has 1 heterocycles. The van der Waals surface area contributed by atoms with Crippen LogP contribution in [-0.4, -0.2) is 32.1 Å². The second-order valence-corrected chi connectivity index (χ2v) is 9.59. The summed E-state index contributed by atoms with van der Waals surface area (Å²) in [5.74, 6) is -1.79. The number of nitrogens with zero attached hydrogens (tertiary/aromatic N) is 2. The minimum absolute atomic E-state index is 0.0552. The molecule has 3 aromatic carbocycles. The Balaban J connectivity index is 1.60. The van der Waals surface area contributed by atoms with Crippen molar-refractivity contribution in [3.05, 3.63) is 94.9 Å². The molecular formula is C26H21FN4O3S. The molecule has 5 rings (SSSR count). The van der Waals surface area contributed by atoms with Gasteiger partial charge in [0.1, 0.15) is 5.82 Å². The van der Waals surface area contributed by atoms with Crippen LogP contribution in [0, 0.1) is 5.82 Å². The van der Waals surface area contributed by atoms with Crippen LogP contribution in [-0.2, 0) is 23.6 Å². The van der Waals surface area contributed by atoms with E-state index >= 15 is 0 Å². The lowest BCUT2D eigenvalue weighted by atomic mass is 9.88. The number of anilines is 1. The molecule has 1 atom stereocenters. The summed E-state index contributed by atoms with van der Waals surface area (Å²) in [5.41, 5.74) is 10.2. The van der Waals surface area contributed by atoms with Gasteiger partial charge in [0, 0.05) is 38.8 Å². The van der Waals surface area contributed by atoms with Gasteiger partial charge in [0.25, 0.3) is 11.8 Å². The average Bonchev–Trinajstić information content (AvgIpc) is 3.25. The predicted octanol–water partition coefficient (Wildman–Crippen LogP) is 3.87. The molecule has 1 unspecified atom stereocenters. The Morgan fingerprint density at radius 2 is 1.80 bits per heavy atom. The smallest absolute Gasteiger partial charge is 0.269 e. The number of rotatable bonds is 5. The van der Waals surface area contributed by atoms with Crippen LogP contribution in [0.3, 0.4) is 0 Å². The van der Waals surface area contributed by atoms with Crippen LogP contribution < -0.4 is 11.1 Å². The molecule has 7 nitrogen and oxygen atoms in total. The van der Waals surface area contributed by atoms with Crippen molar-refractivity contribution in [1.82, 2.24) is 9.78 Å². The van der Waals surface area contributed by atoms with E-state index < -0.39 is 28.4 Å². The molecule has 35 heavy (non-hydrogen) atoms. The molecule has 0 bridgehead atoms. The highest BCUT2D eigenvalue weighted by Gasteiger charge is 2.28. The first-order chi connectivity index (χ1) is 16.8. The molecule has 0 aliphatic heterocycles. The van der Waals surface area contributed by atoms with Crippen LogP contribution in [0.2, 0.25) is 0 Å². The van der Waals surface area contributed by atoms with E-state index in [4.69, 9.17) is 5.73 Å². The van der Waals surface area contributed by atoms with Gasteiger partial charge >= 0.3 is 0 Å². The Bertz CT molecular complexity index is 1510. The summed E-state index contributed by atoms with van der Waals surface area (Å²) in [6.07, 6.45) is 2.85. The minimum Gasteiger partial charge on any atom is -0.364 e. The van der Waals surface area contributed by atoms with E-state index in [2.05, 4.69) is 10.4 Å². The van der Waals surface area contributed by atoms with Crippen molar-refractivity contribution in [2.45, 2.75) is 17.7 Å². The van der Waals surface area contributed by atoms with Gasteiger partial charge < -0.3 is 11.1 Å². The van der Waals surface area contributed by atoms with Gasteiger partial charge in [-0.25, -0.2) is 9.07 Å². The molecule has 1 aliphatic carbocycles. The quantitative estimate of drug-likeness (QED) is 0.445. The summed E-state index contributed by atoms with van der Waals surface area (Å²) in [7, 11) is -1.13. The number of aromatic nitrogens is 2. The number of halogens is 1. The zero-order valence-electron chi connectivity index (χ0n) is 18.7. The molecule has 9 heteroatoms. The summed E-state index contributed by atoms with van der Waals surface area (Å²) >= 11 is 0. The summed E-state index contributed by atoms with van der Waals surface area (Å²) in [6, 6.07) is 18.3. The number of amides is 2. The monoisotopic (exact) mass is 488 g/mol. The molecule has 0 saturated heterocycles. The number of fused-ring (bicyclic) bond motifs is 3. The molecule has 1 aromatic heterocycles. The van der Waals surface area contributed by atoms with E-state index in [0.717, 1.165) is 16.7 Å². The van der Waals surface area contributed by atoms with Crippen LogP contribution in [0.5, 0.6) is 0 Å². The molecule has 176 valence electrons. The third-order valence-electron chi connectivity index (χ3n) is 6.02. The van der Waals surface area contributed by atoms with E-state index in [1.165, 1.54) is 18.2 Å². The Morgan fingerprint density at radius 1 is 1.06 bits per heavy atom. The first-order valence-electron chi connectivity index (χ1n) is 10.9. The van der Waals surface area contributed by atoms with E-state index in [1.54, 1.807) is 53.4 Å². The Hall–Kier alpha value is -4.11. The van der Waals surface area contributed by atoms with E-state index in [0.29, 0.717) is 34.8 Å². The van der Waals surface area contributed by atoms with Crippen LogP contribution in [0.4, 0.5) is 10.1 Å². The van der Waals surface area contributed by atoms with Crippen molar-refractivity contribution in [3.63, 3.8) is 0 Å². The highest BCUT2D eigenvalue weighted by molar-refractivity contribution is 7.84. The largest absolute Gasteiger partial charge is 0.364 e. The normalized spacial score (nSPS) is 13.0. The van der Waals surface area contributed by atoms with Crippen molar-refractivity contribution >= 4 is 28.3 Å². The molecule has 0 spiro atoms. The van der Waals surface area contributed by atoms with Gasteiger partial charge in [-0.15, -0.1) is 0 Å². The summed E-state index contributed by atoms with van der Waals surface area (Å²) in [6.45, 7) is 0. The van der Waals surface area contributed by atoms with E-state index in [-0.39, 0.29) is 11.3 Å². The molecule has 0 radical (unpaired) electrons. The number of hydrogen-bond donors (Lipinski definition) is 2. The van der Waals surface area contributed by atoms with Crippen LogP contribution >= 0.6 is 0 Å². The van der Waals surface area contributed by atoms with Gasteiger partial charge in [-0.3, -0.25) is 13.8 Å². The second-order valence-electron chi connectivity index (χ2n) is 8.21. The average molecular weight is 489 g/mol. The number of nitrogens with one attached hydrogen (secondary N) is 1. The fourth-order valence-electron chi connectivity index (χ4n) is 4.32. The summed E-state index contributed by atoms with van der Waals surface area (Å²) in [4.78, 5) is 25.5. The third-order valence-corrected chi connectivity index (χ3v) is 6.95.